The molecule has 1 amide bonds. The highest BCUT2D eigenvalue weighted by atomic mass is 79.9. The third-order valence-corrected chi connectivity index (χ3v) is 5.46. The number of nitrogens with zero attached hydrogens (tertiary/aromatic N) is 2. The van der Waals surface area contributed by atoms with Gasteiger partial charge >= 0.3 is 5.91 Å². The van der Waals surface area contributed by atoms with Gasteiger partial charge in [0.1, 0.15) is 12.2 Å². The largest absolute Gasteiger partial charge is 0.490 e. The lowest BCUT2D eigenvalue weighted by molar-refractivity contribution is 0.0929. The molecule has 8 heteroatoms. The summed E-state index contributed by atoms with van der Waals surface area (Å²) in [7, 11) is 0. The number of hydrazone groups is 1. The summed E-state index contributed by atoms with van der Waals surface area (Å²) in [6, 6.07) is 22.0. The minimum atomic E-state index is -0.451. The molecule has 1 heterocycles. The third kappa shape index (κ3) is 5.27. The summed E-state index contributed by atoms with van der Waals surface area (Å²) < 4.78 is 17.9. The van der Waals surface area contributed by atoms with E-state index in [9.17, 15) is 10.1 Å². The van der Waals surface area contributed by atoms with Crippen molar-refractivity contribution in [2.45, 2.75) is 13.5 Å². The van der Waals surface area contributed by atoms with Gasteiger partial charge in [0.15, 0.2) is 17.3 Å². The van der Waals surface area contributed by atoms with Crippen molar-refractivity contribution in [2.75, 3.05) is 6.61 Å². The van der Waals surface area contributed by atoms with Gasteiger partial charge in [-0.2, -0.15) is 10.4 Å². The summed E-state index contributed by atoms with van der Waals surface area (Å²) in [5.41, 5.74) is 5.12. The Morgan fingerprint density at radius 2 is 1.94 bits per heavy atom. The van der Waals surface area contributed by atoms with Crippen molar-refractivity contribution in [2.24, 2.45) is 5.10 Å². The Kier molecular flexibility index (Phi) is 7.25. The van der Waals surface area contributed by atoms with Gasteiger partial charge in [-0.25, -0.2) is 5.43 Å². The van der Waals surface area contributed by atoms with E-state index >= 15 is 0 Å². The van der Waals surface area contributed by atoms with Crippen LogP contribution in [0.3, 0.4) is 0 Å². The van der Waals surface area contributed by atoms with Crippen LogP contribution < -0.4 is 14.9 Å². The normalized spacial score (nSPS) is 10.9. The monoisotopic (exact) mass is 517 g/mol. The Bertz CT molecular complexity index is 1370. The molecule has 0 bridgehead atoms. The van der Waals surface area contributed by atoms with Crippen LogP contribution in [0.4, 0.5) is 0 Å². The van der Waals surface area contributed by atoms with E-state index in [1.54, 1.807) is 30.3 Å². The van der Waals surface area contributed by atoms with Gasteiger partial charge in [-0.15, -0.1) is 0 Å². The number of halogens is 1. The van der Waals surface area contributed by atoms with Crippen molar-refractivity contribution >= 4 is 39.0 Å². The highest BCUT2D eigenvalue weighted by Gasteiger charge is 2.14. The number of nitrogens with one attached hydrogen (secondary N) is 1. The van der Waals surface area contributed by atoms with Crippen molar-refractivity contribution < 1.29 is 18.7 Å². The van der Waals surface area contributed by atoms with Crippen LogP contribution in [-0.2, 0) is 6.61 Å². The molecule has 0 atom stereocenters. The van der Waals surface area contributed by atoms with E-state index in [4.69, 9.17) is 13.9 Å². The van der Waals surface area contributed by atoms with Crippen molar-refractivity contribution in [3.05, 3.63) is 93.7 Å². The molecule has 0 spiro atoms. The summed E-state index contributed by atoms with van der Waals surface area (Å²) in [5, 5.41) is 14.2. The number of rotatable bonds is 8. The van der Waals surface area contributed by atoms with Gasteiger partial charge in [-0.3, -0.25) is 4.79 Å². The van der Waals surface area contributed by atoms with E-state index in [-0.39, 0.29) is 12.4 Å². The average Bonchev–Trinajstić information content (AvgIpc) is 3.28. The molecular weight excluding hydrogens is 498 g/mol. The van der Waals surface area contributed by atoms with E-state index in [0.717, 1.165) is 10.9 Å². The van der Waals surface area contributed by atoms with Gasteiger partial charge in [0.2, 0.25) is 0 Å². The number of carbonyl (C=O) groups excluding carboxylic acids is 1. The summed E-state index contributed by atoms with van der Waals surface area (Å²) in [6.07, 6.45) is 1.50. The maximum atomic E-state index is 12.4. The predicted molar refractivity (Wildman–Crippen MR) is 132 cm³/mol. The number of nitriles is 1. The molecule has 34 heavy (non-hydrogen) atoms. The molecule has 0 saturated heterocycles. The Balaban J connectivity index is 1.48. The Morgan fingerprint density at radius 3 is 2.74 bits per heavy atom. The van der Waals surface area contributed by atoms with E-state index < -0.39 is 5.91 Å². The van der Waals surface area contributed by atoms with Crippen LogP contribution in [0.5, 0.6) is 11.5 Å². The number of hydrogen-bond donors (Lipinski definition) is 1. The fraction of sp³-hybridized carbons (Fsp3) is 0.115. The van der Waals surface area contributed by atoms with Crippen LogP contribution in [-0.4, -0.2) is 18.7 Å². The van der Waals surface area contributed by atoms with E-state index in [2.05, 4.69) is 32.5 Å². The first-order chi connectivity index (χ1) is 16.6. The van der Waals surface area contributed by atoms with Gasteiger partial charge in [-0.05, 0) is 58.7 Å². The second kappa shape index (κ2) is 10.7. The number of amides is 1. The predicted octanol–water partition coefficient (Wildman–Crippen LogP) is 5.81. The standard InChI is InChI=1S/C26H20BrN3O4/c1-2-32-23-12-17(11-21(27)25(23)33-16-20-9-4-3-8-19(20)14-28)15-29-30-26(31)24-13-18-7-5-6-10-22(18)34-24/h3-13,15H,2,16H2,1H3,(H,30,31)/b29-15+. The molecule has 1 aromatic heterocycles. The van der Waals surface area contributed by atoms with Crippen LogP contribution in [0, 0.1) is 11.3 Å². The molecule has 0 unspecified atom stereocenters. The van der Waals surface area contributed by atoms with E-state index in [1.807, 2.05) is 43.3 Å². The molecule has 4 aromatic rings. The molecule has 4 rings (SSSR count). The van der Waals surface area contributed by atoms with E-state index in [0.29, 0.717) is 39.3 Å². The molecule has 170 valence electrons. The molecule has 0 aliphatic rings. The maximum absolute atomic E-state index is 12.4. The van der Waals surface area contributed by atoms with Crippen LogP contribution in [0.15, 0.2) is 80.7 Å². The second-order valence-electron chi connectivity index (χ2n) is 7.17. The highest BCUT2D eigenvalue weighted by Crippen LogP contribution is 2.37. The summed E-state index contributed by atoms with van der Waals surface area (Å²) >= 11 is 3.52. The fourth-order valence-corrected chi connectivity index (χ4v) is 3.86. The van der Waals surface area contributed by atoms with Crippen LogP contribution in [0.2, 0.25) is 0 Å². The highest BCUT2D eigenvalue weighted by molar-refractivity contribution is 9.10. The third-order valence-electron chi connectivity index (χ3n) is 4.87. The lowest BCUT2D eigenvalue weighted by Crippen LogP contribution is -2.16. The average molecular weight is 518 g/mol. The molecule has 1 N–H and O–H groups in total. The maximum Gasteiger partial charge on any atom is 0.307 e. The number of carbonyl (C=O) groups is 1. The molecule has 0 aliphatic carbocycles. The number of para-hydroxylation sites is 1. The number of hydrogen-bond acceptors (Lipinski definition) is 6. The smallest absolute Gasteiger partial charge is 0.307 e. The second-order valence-corrected chi connectivity index (χ2v) is 8.02. The lowest BCUT2D eigenvalue weighted by atomic mass is 10.1. The SMILES string of the molecule is CCOc1cc(/C=N/NC(=O)c2cc3ccccc3o2)cc(Br)c1OCc1ccccc1C#N. The Labute approximate surface area is 204 Å². The zero-order valence-corrected chi connectivity index (χ0v) is 19.8. The molecular formula is C26H20BrN3O4. The molecule has 3 aromatic carbocycles. The van der Waals surface area contributed by atoms with Gasteiger partial charge in [0, 0.05) is 10.9 Å². The number of benzene rings is 3. The molecule has 0 aliphatic heterocycles. The molecule has 0 radical (unpaired) electrons. The zero-order valence-electron chi connectivity index (χ0n) is 18.2. The first-order valence-electron chi connectivity index (χ1n) is 10.5. The summed E-state index contributed by atoms with van der Waals surface area (Å²) in [6.45, 7) is 2.52. The van der Waals surface area contributed by atoms with Gasteiger partial charge < -0.3 is 13.9 Å². The lowest BCUT2D eigenvalue weighted by Gasteiger charge is -2.15. The quantitative estimate of drug-likeness (QED) is 0.235. The minimum Gasteiger partial charge on any atom is -0.490 e. The van der Waals surface area contributed by atoms with Gasteiger partial charge in [0.05, 0.1) is 28.9 Å². The van der Waals surface area contributed by atoms with Crippen LogP contribution in [0.25, 0.3) is 11.0 Å². The van der Waals surface area contributed by atoms with Crippen molar-refractivity contribution in [3.63, 3.8) is 0 Å². The molecule has 7 nitrogen and oxygen atoms in total. The Morgan fingerprint density at radius 1 is 1.15 bits per heavy atom. The van der Waals surface area contributed by atoms with Crippen molar-refractivity contribution in [1.29, 1.82) is 5.26 Å². The number of furan rings is 1. The first kappa shape index (κ1) is 23.1. The van der Waals surface area contributed by atoms with Crippen LogP contribution in [0.1, 0.15) is 34.2 Å². The van der Waals surface area contributed by atoms with Gasteiger partial charge in [-0.1, -0.05) is 36.4 Å². The number of fused-ring (bicyclic) bond motifs is 1. The molecule has 0 fully saturated rings. The topological polar surface area (TPSA) is 96.8 Å². The number of ether oxygens (including phenoxy) is 2. The van der Waals surface area contributed by atoms with Crippen molar-refractivity contribution in [1.82, 2.24) is 5.43 Å². The van der Waals surface area contributed by atoms with Gasteiger partial charge in [0.25, 0.3) is 0 Å². The molecule has 0 saturated carbocycles. The Hall–Kier alpha value is -4.09. The van der Waals surface area contributed by atoms with E-state index in [1.165, 1.54) is 6.21 Å². The van der Waals surface area contributed by atoms with Crippen molar-refractivity contribution in [3.8, 4) is 17.6 Å². The fourth-order valence-electron chi connectivity index (χ4n) is 3.28. The summed E-state index contributed by atoms with van der Waals surface area (Å²) in [4.78, 5) is 12.4. The first-order valence-corrected chi connectivity index (χ1v) is 11.3. The zero-order chi connectivity index (χ0) is 23.9. The van der Waals surface area contributed by atoms with Crippen LogP contribution >= 0.6 is 15.9 Å². The summed E-state index contributed by atoms with van der Waals surface area (Å²) in [5.74, 6) is 0.748. The minimum absolute atomic E-state index is 0.177.